The van der Waals surface area contributed by atoms with Gasteiger partial charge in [0.05, 0.1) is 25.4 Å². The molecule has 0 fully saturated rings. The molecule has 8 heteroatoms. The van der Waals surface area contributed by atoms with Crippen LogP contribution in [0.25, 0.3) is 0 Å². The van der Waals surface area contributed by atoms with E-state index in [4.69, 9.17) is 0 Å². The van der Waals surface area contributed by atoms with Gasteiger partial charge >= 0.3 is 0 Å². The number of nitrogens with one attached hydrogen (secondary N) is 2. The summed E-state index contributed by atoms with van der Waals surface area (Å²) in [4.78, 5) is 54.7. The Morgan fingerprint density at radius 3 is 1.50 bits per heavy atom. The molecule has 0 saturated heterocycles. The lowest BCUT2D eigenvalue weighted by Gasteiger charge is -2.21. The summed E-state index contributed by atoms with van der Waals surface area (Å²) < 4.78 is 0. The van der Waals surface area contributed by atoms with Gasteiger partial charge in [-0.25, -0.2) is 0 Å². The molecule has 0 heterocycles. The average molecular weight is 401 g/mol. The Balaban J connectivity index is 0. The number of hydrogen-bond donors (Lipinski definition) is 3. The standard InChI is InChI=1S/C10H19NO3.C10H17NO3/c2*1-7(12)5-8(13)6-9(14)11-10(2,3)4/h8,13H,5-6H2,1-4H3,(H,11,14);5-6H2,1-4H3,(H,11,14). The first-order valence-corrected chi connectivity index (χ1v) is 9.22. The monoisotopic (exact) mass is 400 g/mol. The van der Waals surface area contributed by atoms with Crippen molar-refractivity contribution in [3.8, 4) is 0 Å². The predicted molar refractivity (Wildman–Crippen MR) is 107 cm³/mol. The van der Waals surface area contributed by atoms with E-state index < -0.39 is 6.10 Å². The topological polar surface area (TPSA) is 130 Å². The van der Waals surface area contributed by atoms with Crippen molar-refractivity contribution in [3.63, 3.8) is 0 Å². The first-order valence-electron chi connectivity index (χ1n) is 9.22. The molecule has 1 atom stereocenters. The summed E-state index contributed by atoms with van der Waals surface area (Å²) >= 11 is 0. The van der Waals surface area contributed by atoms with E-state index in [2.05, 4.69) is 10.6 Å². The highest BCUT2D eigenvalue weighted by molar-refractivity contribution is 6.06. The fourth-order valence-corrected chi connectivity index (χ4v) is 2.07. The number of rotatable bonds is 8. The number of aliphatic hydroxyl groups is 1. The van der Waals surface area contributed by atoms with Gasteiger partial charge < -0.3 is 15.7 Å². The molecule has 0 aromatic rings. The Kier molecular flexibility index (Phi) is 12.4. The van der Waals surface area contributed by atoms with E-state index in [1.165, 1.54) is 13.8 Å². The number of amides is 2. The van der Waals surface area contributed by atoms with Crippen LogP contribution < -0.4 is 10.6 Å². The number of ketones is 3. The van der Waals surface area contributed by atoms with Crippen LogP contribution in [-0.2, 0) is 24.0 Å². The minimum Gasteiger partial charge on any atom is -0.392 e. The maximum Gasteiger partial charge on any atom is 0.227 e. The van der Waals surface area contributed by atoms with Crippen LogP contribution >= 0.6 is 0 Å². The average Bonchev–Trinajstić information content (AvgIpc) is 2.30. The normalized spacial score (nSPS) is 12.2. The van der Waals surface area contributed by atoms with E-state index in [1.807, 2.05) is 41.5 Å². The zero-order chi connectivity index (χ0) is 22.7. The molecule has 0 aliphatic carbocycles. The van der Waals surface area contributed by atoms with Crippen LogP contribution in [0.15, 0.2) is 0 Å². The van der Waals surface area contributed by atoms with Crippen molar-refractivity contribution in [1.29, 1.82) is 0 Å². The number of carbonyl (C=O) groups is 5. The summed E-state index contributed by atoms with van der Waals surface area (Å²) in [5.41, 5.74) is -0.638. The largest absolute Gasteiger partial charge is 0.392 e. The quantitative estimate of drug-likeness (QED) is 0.529. The smallest absolute Gasteiger partial charge is 0.227 e. The second-order valence-electron chi connectivity index (χ2n) is 8.95. The van der Waals surface area contributed by atoms with Crippen molar-refractivity contribution in [2.75, 3.05) is 0 Å². The third kappa shape index (κ3) is 22.0. The lowest BCUT2D eigenvalue weighted by Crippen LogP contribution is -2.42. The fourth-order valence-electron chi connectivity index (χ4n) is 2.07. The molecule has 162 valence electrons. The Labute approximate surface area is 167 Å². The zero-order valence-corrected chi connectivity index (χ0v) is 18.4. The first kappa shape index (κ1) is 28.1. The van der Waals surface area contributed by atoms with Gasteiger partial charge in [0, 0.05) is 17.5 Å². The highest BCUT2D eigenvalue weighted by Crippen LogP contribution is 2.03. The Morgan fingerprint density at radius 1 is 0.714 bits per heavy atom. The van der Waals surface area contributed by atoms with Gasteiger partial charge in [-0.3, -0.25) is 24.0 Å². The Morgan fingerprint density at radius 2 is 1.14 bits per heavy atom. The van der Waals surface area contributed by atoms with Crippen LogP contribution in [0.2, 0.25) is 0 Å². The summed E-state index contributed by atoms with van der Waals surface area (Å²) in [7, 11) is 0. The molecule has 3 N–H and O–H groups in total. The van der Waals surface area contributed by atoms with E-state index in [9.17, 15) is 29.1 Å². The lowest BCUT2D eigenvalue weighted by atomic mass is 10.1. The van der Waals surface area contributed by atoms with Crippen molar-refractivity contribution < 1.29 is 29.1 Å². The minimum absolute atomic E-state index is 0.0170. The molecule has 0 bridgehead atoms. The maximum atomic E-state index is 11.3. The summed E-state index contributed by atoms with van der Waals surface area (Å²) in [6, 6.07) is 0. The highest BCUT2D eigenvalue weighted by atomic mass is 16.3. The van der Waals surface area contributed by atoms with Crippen LogP contribution in [0.3, 0.4) is 0 Å². The summed E-state index contributed by atoms with van der Waals surface area (Å²) in [5.74, 6) is -1.21. The van der Waals surface area contributed by atoms with Gasteiger partial charge in [-0.05, 0) is 55.4 Å². The molecule has 0 saturated carbocycles. The molecule has 8 nitrogen and oxygen atoms in total. The van der Waals surface area contributed by atoms with E-state index in [1.54, 1.807) is 0 Å². The van der Waals surface area contributed by atoms with Crippen LogP contribution in [0.1, 0.15) is 81.1 Å². The molecule has 1 unspecified atom stereocenters. The number of hydrogen-bond acceptors (Lipinski definition) is 6. The molecule has 28 heavy (non-hydrogen) atoms. The van der Waals surface area contributed by atoms with Crippen molar-refractivity contribution in [3.05, 3.63) is 0 Å². The van der Waals surface area contributed by atoms with Gasteiger partial charge in [-0.2, -0.15) is 0 Å². The fraction of sp³-hybridized carbons (Fsp3) is 0.750. The second kappa shape index (κ2) is 12.4. The molecule has 0 radical (unpaired) electrons. The Hall–Kier alpha value is -2.09. The summed E-state index contributed by atoms with van der Waals surface area (Å²) in [6.45, 7) is 13.8. The van der Waals surface area contributed by atoms with Gasteiger partial charge in [-0.1, -0.05) is 0 Å². The SMILES string of the molecule is CC(=O)CC(=O)CC(=O)NC(C)(C)C.CC(=O)CC(O)CC(=O)NC(C)(C)C. The van der Waals surface area contributed by atoms with Gasteiger partial charge in [0.2, 0.25) is 11.8 Å². The predicted octanol–water partition coefficient (Wildman–Crippen LogP) is 1.47. The highest BCUT2D eigenvalue weighted by Gasteiger charge is 2.18. The molecule has 0 aliphatic rings. The van der Waals surface area contributed by atoms with E-state index >= 15 is 0 Å². The number of aliphatic hydroxyl groups excluding tert-OH is 1. The van der Waals surface area contributed by atoms with Crippen LogP contribution in [0.5, 0.6) is 0 Å². The molecular formula is C20H36N2O6. The van der Waals surface area contributed by atoms with Gasteiger partial charge in [0.25, 0.3) is 0 Å². The molecule has 0 aromatic heterocycles. The minimum atomic E-state index is -0.866. The molecule has 0 aromatic carbocycles. The summed E-state index contributed by atoms with van der Waals surface area (Å²) in [6.07, 6.45) is -1.21. The van der Waals surface area contributed by atoms with Crippen LogP contribution in [-0.4, -0.2) is 51.5 Å². The van der Waals surface area contributed by atoms with Gasteiger partial charge in [0.15, 0.2) is 0 Å². The Bertz CT molecular complexity index is 570. The molecule has 2 amide bonds. The maximum absolute atomic E-state index is 11.3. The van der Waals surface area contributed by atoms with Crippen molar-refractivity contribution in [2.45, 2.75) is 98.3 Å². The molecule has 0 aliphatic heterocycles. The van der Waals surface area contributed by atoms with E-state index in [-0.39, 0.29) is 65.9 Å². The van der Waals surface area contributed by atoms with E-state index in [0.717, 1.165) is 0 Å². The van der Waals surface area contributed by atoms with Crippen LogP contribution in [0.4, 0.5) is 0 Å². The van der Waals surface area contributed by atoms with Gasteiger partial charge in [0.1, 0.15) is 17.3 Å². The van der Waals surface area contributed by atoms with Crippen molar-refractivity contribution in [2.24, 2.45) is 0 Å². The molecule has 0 rings (SSSR count). The van der Waals surface area contributed by atoms with Gasteiger partial charge in [-0.15, -0.1) is 0 Å². The molecule has 0 spiro atoms. The molecular weight excluding hydrogens is 364 g/mol. The lowest BCUT2D eigenvalue weighted by molar-refractivity contribution is -0.131. The van der Waals surface area contributed by atoms with Crippen molar-refractivity contribution in [1.82, 2.24) is 10.6 Å². The summed E-state index contributed by atoms with van der Waals surface area (Å²) in [5, 5.41) is 14.7. The van der Waals surface area contributed by atoms with Crippen molar-refractivity contribution >= 4 is 29.2 Å². The zero-order valence-electron chi connectivity index (χ0n) is 18.4. The second-order valence-corrected chi connectivity index (χ2v) is 8.95. The third-order valence-corrected chi connectivity index (χ3v) is 2.78. The number of carbonyl (C=O) groups excluding carboxylic acids is 5. The third-order valence-electron chi connectivity index (χ3n) is 2.78. The first-order chi connectivity index (χ1) is 12.4. The van der Waals surface area contributed by atoms with E-state index in [0.29, 0.717) is 0 Å². The van der Waals surface area contributed by atoms with Crippen LogP contribution in [0, 0.1) is 0 Å². The number of Topliss-reactive ketones (excluding diaryl/α,β-unsaturated/α-hetero) is 3.